The summed E-state index contributed by atoms with van der Waals surface area (Å²) in [6.45, 7) is 3.33. The summed E-state index contributed by atoms with van der Waals surface area (Å²) < 4.78 is 35.6. The number of hydrogen-bond donors (Lipinski definition) is 5. The minimum Gasteiger partial charge on any atom is -0.494 e. The van der Waals surface area contributed by atoms with E-state index in [4.69, 9.17) is 37.0 Å². The SMILES string of the molecule is CCCCCCS(=O)(=O)OO.N=C(N)c1ccc(OCCCCCOc2ccc(C(=N)N)cc2)cc1. The van der Waals surface area contributed by atoms with Crippen LogP contribution in [0, 0.1) is 10.8 Å². The van der Waals surface area contributed by atoms with E-state index >= 15 is 0 Å². The highest BCUT2D eigenvalue weighted by Gasteiger charge is 2.08. The number of benzene rings is 2. The van der Waals surface area contributed by atoms with Crippen LogP contribution in [0.4, 0.5) is 0 Å². The van der Waals surface area contributed by atoms with E-state index in [-0.39, 0.29) is 17.4 Å². The van der Waals surface area contributed by atoms with E-state index < -0.39 is 10.1 Å². The standard InChI is InChI=1S/C19H24N4O2.C6H14O4S/c20-18(21)14-4-8-16(9-5-14)24-12-2-1-3-13-25-17-10-6-15(7-11-17)19(22)23;1-2-3-4-5-6-11(8,9)10-7/h4-11H,1-3,12-13H2,(H3,20,21)(H3,22,23);7H,2-6H2,1H3. The van der Waals surface area contributed by atoms with Gasteiger partial charge < -0.3 is 20.9 Å². The second-order valence-corrected chi connectivity index (χ2v) is 9.70. The van der Waals surface area contributed by atoms with Crippen LogP contribution >= 0.6 is 0 Å². The lowest BCUT2D eigenvalue weighted by molar-refractivity contribution is -0.130. The first kappa shape index (κ1) is 30.9. The monoisotopic (exact) mass is 522 g/mol. The molecule has 2 aromatic rings. The zero-order valence-electron chi connectivity index (χ0n) is 20.7. The maximum Gasteiger partial charge on any atom is 0.293 e. The molecule has 0 aliphatic heterocycles. The molecule has 36 heavy (non-hydrogen) atoms. The van der Waals surface area contributed by atoms with Crippen LogP contribution in [0.3, 0.4) is 0 Å². The molecule has 2 rings (SSSR count). The van der Waals surface area contributed by atoms with Crippen molar-refractivity contribution in [3.8, 4) is 11.5 Å². The van der Waals surface area contributed by atoms with Crippen LogP contribution < -0.4 is 20.9 Å². The van der Waals surface area contributed by atoms with Gasteiger partial charge in [0, 0.05) is 11.1 Å². The van der Waals surface area contributed by atoms with E-state index in [0.29, 0.717) is 30.8 Å². The summed E-state index contributed by atoms with van der Waals surface area (Å²) in [5, 5.41) is 22.5. The number of nitrogens with two attached hydrogens (primary N) is 2. The topological polar surface area (TPSA) is 182 Å². The van der Waals surface area contributed by atoms with Gasteiger partial charge in [0.2, 0.25) is 0 Å². The fourth-order valence-corrected chi connectivity index (χ4v) is 3.60. The Morgan fingerprint density at radius 1 is 0.750 bits per heavy atom. The first-order chi connectivity index (χ1) is 17.2. The van der Waals surface area contributed by atoms with Crippen LogP contribution in [0.1, 0.15) is 63.0 Å². The zero-order valence-corrected chi connectivity index (χ0v) is 21.6. The molecule has 0 aliphatic carbocycles. The Balaban J connectivity index is 0.000000497. The third-order valence-corrected chi connectivity index (χ3v) is 6.03. The third kappa shape index (κ3) is 13.7. The van der Waals surface area contributed by atoms with Gasteiger partial charge in [-0.1, -0.05) is 26.2 Å². The number of ether oxygens (including phenoxy) is 2. The minimum atomic E-state index is -3.64. The van der Waals surface area contributed by atoms with Crippen LogP contribution in [0.5, 0.6) is 11.5 Å². The molecular formula is C25H38N4O6S. The number of nitrogens with one attached hydrogen (secondary N) is 2. The minimum absolute atomic E-state index is 0.0579. The molecular weight excluding hydrogens is 484 g/mol. The summed E-state index contributed by atoms with van der Waals surface area (Å²) in [5.74, 6) is 1.59. The van der Waals surface area contributed by atoms with Gasteiger partial charge in [-0.3, -0.25) is 10.8 Å². The van der Waals surface area contributed by atoms with Crippen LogP contribution in [0.25, 0.3) is 0 Å². The number of unbranched alkanes of at least 4 members (excludes halogenated alkanes) is 5. The molecule has 0 radical (unpaired) electrons. The van der Waals surface area contributed by atoms with Gasteiger partial charge in [-0.2, -0.15) is 8.42 Å². The van der Waals surface area contributed by atoms with Crippen molar-refractivity contribution in [3.63, 3.8) is 0 Å². The molecule has 0 spiro atoms. The van der Waals surface area contributed by atoms with Crippen molar-refractivity contribution in [2.75, 3.05) is 19.0 Å². The van der Waals surface area contributed by atoms with Gasteiger partial charge in [-0.25, -0.2) is 5.26 Å². The molecule has 0 saturated carbocycles. The zero-order chi connectivity index (χ0) is 26.8. The maximum absolute atomic E-state index is 10.5. The quantitative estimate of drug-likeness (QED) is 0.0712. The molecule has 200 valence electrons. The number of nitrogen functional groups attached to an aromatic ring is 2. The number of amidine groups is 2. The van der Waals surface area contributed by atoms with Crippen LogP contribution in [-0.2, 0) is 14.5 Å². The summed E-state index contributed by atoms with van der Waals surface area (Å²) in [7, 11) is -3.64. The molecule has 0 amide bonds. The van der Waals surface area contributed by atoms with Gasteiger partial charge in [-0.15, -0.1) is 4.33 Å². The number of hydrogen-bond acceptors (Lipinski definition) is 8. The lowest BCUT2D eigenvalue weighted by Gasteiger charge is -2.08. The second-order valence-electron chi connectivity index (χ2n) is 8.03. The predicted octanol–water partition coefficient (Wildman–Crippen LogP) is 4.27. The lowest BCUT2D eigenvalue weighted by Crippen LogP contribution is -2.10. The molecule has 0 fully saturated rings. The summed E-state index contributed by atoms with van der Waals surface area (Å²) >= 11 is 0. The van der Waals surface area contributed by atoms with Gasteiger partial charge in [0.1, 0.15) is 23.2 Å². The fraction of sp³-hybridized carbons (Fsp3) is 0.440. The Morgan fingerprint density at radius 2 is 1.17 bits per heavy atom. The Morgan fingerprint density at radius 3 is 1.53 bits per heavy atom. The van der Waals surface area contributed by atoms with Crippen molar-refractivity contribution in [2.45, 2.75) is 51.9 Å². The summed E-state index contributed by atoms with van der Waals surface area (Å²) in [6.07, 6.45) is 6.38. The van der Waals surface area contributed by atoms with E-state index in [1.165, 1.54) is 0 Å². The van der Waals surface area contributed by atoms with E-state index in [1.54, 1.807) is 24.3 Å². The van der Waals surface area contributed by atoms with Crippen LogP contribution in [-0.4, -0.2) is 44.3 Å². The second kappa shape index (κ2) is 17.3. The molecule has 0 saturated heterocycles. The highest BCUT2D eigenvalue weighted by Crippen LogP contribution is 2.14. The van der Waals surface area contributed by atoms with Gasteiger partial charge in [0.15, 0.2) is 0 Å². The van der Waals surface area contributed by atoms with Gasteiger partial charge >= 0.3 is 0 Å². The van der Waals surface area contributed by atoms with Crippen LogP contribution in [0.2, 0.25) is 0 Å². The predicted molar refractivity (Wildman–Crippen MR) is 141 cm³/mol. The van der Waals surface area contributed by atoms with E-state index in [0.717, 1.165) is 50.0 Å². The third-order valence-electron chi connectivity index (χ3n) is 5.02. The number of rotatable bonds is 16. The molecule has 0 heterocycles. The van der Waals surface area contributed by atoms with Gasteiger partial charge in [0.25, 0.3) is 10.1 Å². The average Bonchev–Trinajstić information content (AvgIpc) is 2.87. The molecule has 0 aromatic heterocycles. The molecule has 10 nitrogen and oxygen atoms in total. The first-order valence-electron chi connectivity index (χ1n) is 11.9. The van der Waals surface area contributed by atoms with Gasteiger partial charge in [0.05, 0.1) is 19.0 Å². The average molecular weight is 523 g/mol. The highest BCUT2D eigenvalue weighted by atomic mass is 32.2. The van der Waals surface area contributed by atoms with Gasteiger partial charge in [-0.05, 0) is 74.2 Å². The Bertz CT molecular complexity index is 950. The van der Waals surface area contributed by atoms with Crippen molar-refractivity contribution in [1.29, 1.82) is 10.8 Å². The Labute approximate surface area is 213 Å². The first-order valence-corrected chi connectivity index (χ1v) is 13.5. The Kier molecular flexibility index (Phi) is 14.8. The summed E-state index contributed by atoms with van der Waals surface area (Å²) in [5.41, 5.74) is 12.2. The molecule has 0 aliphatic rings. The molecule has 0 atom stereocenters. The van der Waals surface area contributed by atoms with Crippen molar-refractivity contribution in [1.82, 2.24) is 0 Å². The normalized spacial score (nSPS) is 10.7. The summed E-state index contributed by atoms with van der Waals surface area (Å²) in [6, 6.07) is 14.4. The molecule has 7 N–H and O–H groups in total. The van der Waals surface area contributed by atoms with Crippen molar-refractivity contribution >= 4 is 21.8 Å². The highest BCUT2D eigenvalue weighted by molar-refractivity contribution is 7.86. The van der Waals surface area contributed by atoms with E-state index in [9.17, 15) is 8.42 Å². The lowest BCUT2D eigenvalue weighted by atomic mass is 10.2. The molecule has 0 unspecified atom stereocenters. The molecule has 0 bridgehead atoms. The fourth-order valence-electron chi connectivity index (χ4n) is 2.97. The summed E-state index contributed by atoms with van der Waals surface area (Å²) in [4.78, 5) is 0. The maximum atomic E-state index is 10.5. The smallest absolute Gasteiger partial charge is 0.293 e. The van der Waals surface area contributed by atoms with E-state index in [2.05, 4.69) is 4.33 Å². The molecule has 2 aromatic carbocycles. The largest absolute Gasteiger partial charge is 0.494 e. The van der Waals surface area contributed by atoms with Crippen molar-refractivity contribution in [3.05, 3.63) is 59.7 Å². The molecule has 11 heteroatoms. The van der Waals surface area contributed by atoms with E-state index in [1.807, 2.05) is 31.2 Å². The van der Waals surface area contributed by atoms with Crippen molar-refractivity contribution in [2.24, 2.45) is 11.5 Å². The van der Waals surface area contributed by atoms with Crippen molar-refractivity contribution < 1.29 is 27.5 Å². The Hall–Kier alpha value is -3.15. The van der Waals surface area contributed by atoms with Crippen LogP contribution in [0.15, 0.2) is 48.5 Å².